The molecule has 368 valence electrons. The van der Waals surface area contributed by atoms with Crippen molar-refractivity contribution in [2.45, 2.75) is 57.3 Å². The van der Waals surface area contributed by atoms with Gasteiger partial charge < -0.3 is 9.47 Å². The van der Waals surface area contributed by atoms with Crippen LogP contribution in [-0.4, -0.2) is 22.6 Å². The Bertz CT molecular complexity index is 3440. The van der Waals surface area contributed by atoms with Crippen molar-refractivity contribution in [2.24, 2.45) is 0 Å². The largest absolute Gasteiger partial charge is 0.457 e. The van der Waals surface area contributed by atoms with Crippen molar-refractivity contribution in [3.8, 4) is 34.1 Å². The van der Waals surface area contributed by atoms with Crippen LogP contribution in [0.4, 0.5) is 0 Å². The molecule has 9 aromatic rings. The van der Waals surface area contributed by atoms with Crippen molar-refractivity contribution >= 4 is 29.4 Å². The Morgan fingerprint density at radius 3 is 1.22 bits per heavy atom. The van der Waals surface area contributed by atoms with Crippen LogP contribution in [0.1, 0.15) is 109 Å². The Morgan fingerprint density at radius 2 is 0.784 bits per heavy atom. The topological polar surface area (TPSA) is 108 Å². The summed E-state index contributed by atoms with van der Waals surface area (Å²) >= 11 is 0.791. The molecule has 8 nitrogen and oxygen atoms in total. The number of benzene rings is 9. The smallest absolute Gasteiger partial charge is 0.193 e. The van der Waals surface area contributed by atoms with Crippen molar-refractivity contribution < 1.29 is 38.5 Å². The van der Waals surface area contributed by atoms with E-state index in [0.29, 0.717) is 55.5 Å². The summed E-state index contributed by atoms with van der Waals surface area (Å²) in [7, 11) is 0. The molecule has 0 bridgehead atoms. The molecule has 0 saturated carbocycles. The minimum absolute atomic E-state index is 0.0172. The van der Waals surface area contributed by atoms with Gasteiger partial charge in [0.25, 0.3) is 0 Å². The van der Waals surface area contributed by atoms with Gasteiger partial charge in [0, 0.05) is 49.1 Å². The molecule has 74 heavy (non-hydrogen) atoms. The molecule has 1 N–H and O–H groups in total. The van der Waals surface area contributed by atoms with E-state index in [0.717, 1.165) is 51.2 Å². The second kappa shape index (κ2) is 21.9. The fraction of sp³-hybridized carbons (Fsp3) is 0.123. The SMILES string of the molecule is Cc1ccc(C(=O)c2ccc(Oc3ccc(C(C)(C)c4ccc(C(C)(C)c5ccc(Oc6ccc(C(=O)c7ccc(-c8ccc(C)c(C(=O)c9cccc(SOOO)c9)c8)cc7)cc6)cc5)cc4)cc3)cc2)cc1. The molecule has 0 fully saturated rings. The van der Waals surface area contributed by atoms with Crippen LogP contribution in [0, 0.1) is 13.8 Å². The second-order valence-electron chi connectivity index (χ2n) is 19.3. The van der Waals surface area contributed by atoms with E-state index in [9.17, 15) is 14.4 Å². The van der Waals surface area contributed by atoms with Gasteiger partial charge in [-0.15, -0.1) is 4.33 Å². The first-order valence-corrected chi connectivity index (χ1v) is 24.9. The first-order chi connectivity index (χ1) is 35.7. The molecule has 9 aromatic carbocycles. The third-order valence-corrected chi connectivity index (χ3v) is 14.3. The molecule has 0 spiro atoms. The molecule has 0 heterocycles. The third-order valence-electron chi connectivity index (χ3n) is 13.7. The highest BCUT2D eigenvalue weighted by Crippen LogP contribution is 2.38. The van der Waals surface area contributed by atoms with Gasteiger partial charge in [0.15, 0.2) is 17.3 Å². The van der Waals surface area contributed by atoms with E-state index in [1.807, 2.05) is 105 Å². The fourth-order valence-corrected chi connectivity index (χ4v) is 9.35. The monoisotopic (exact) mass is 994 g/mol. The zero-order chi connectivity index (χ0) is 52.0. The minimum Gasteiger partial charge on any atom is -0.457 e. The van der Waals surface area contributed by atoms with Crippen LogP contribution >= 0.6 is 12.0 Å². The standard InChI is InChI=1S/C65H54O8S/c1-42-10-13-45(14-11-42)61(66)47-20-32-55(33-21-47)70-57-36-28-53(29-37-57)64(3,4)51-24-26-52(27-25-51)65(5,6)54-30-38-58(39-31-54)71-56-34-22-48(23-35-56)62(67)46-18-16-44(17-19-46)49-15-12-43(2)60(41-49)63(68)50-8-7-9-59(40-50)74-73-72-69/h7-41,69H,1-6H3. The van der Waals surface area contributed by atoms with E-state index >= 15 is 0 Å². The highest BCUT2D eigenvalue weighted by molar-refractivity contribution is 7.94. The van der Waals surface area contributed by atoms with Gasteiger partial charge in [-0.05, 0) is 144 Å². The van der Waals surface area contributed by atoms with Gasteiger partial charge in [-0.25, -0.2) is 5.26 Å². The maximum Gasteiger partial charge on any atom is 0.193 e. The Balaban J connectivity index is 0.787. The normalized spacial score (nSPS) is 11.5. The van der Waals surface area contributed by atoms with Gasteiger partial charge in [-0.2, -0.15) is 0 Å². The average molecular weight is 995 g/mol. The number of carbonyl (C=O) groups is 3. The summed E-state index contributed by atoms with van der Waals surface area (Å²) in [5.74, 6) is 2.40. The number of carbonyl (C=O) groups excluding carboxylic acids is 3. The molecular formula is C65H54O8S. The van der Waals surface area contributed by atoms with Crippen molar-refractivity contribution in [3.63, 3.8) is 0 Å². The third kappa shape index (κ3) is 11.4. The molecule has 0 aliphatic heterocycles. The van der Waals surface area contributed by atoms with E-state index in [2.05, 4.69) is 85.6 Å². The fourth-order valence-electron chi connectivity index (χ4n) is 8.93. The van der Waals surface area contributed by atoms with Crippen LogP contribution in [-0.2, 0) is 20.2 Å². The van der Waals surface area contributed by atoms with Gasteiger partial charge in [-0.3, -0.25) is 14.4 Å². The highest BCUT2D eigenvalue weighted by Gasteiger charge is 2.27. The maximum absolute atomic E-state index is 13.6. The Hall–Kier alpha value is -8.18. The number of ketones is 3. The van der Waals surface area contributed by atoms with Crippen LogP contribution in [0.5, 0.6) is 23.0 Å². The second-order valence-corrected chi connectivity index (χ2v) is 20.1. The van der Waals surface area contributed by atoms with Gasteiger partial charge in [0.05, 0.1) is 12.0 Å². The van der Waals surface area contributed by atoms with Crippen molar-refractivity contribution in [3.05, 3.63) is 279 Å². The summed E-state index contributed by atoms with van der Waals surface area (Å²) in [6.45, 7) is 12.8. The molecular weight excluding hydrogens is 941 g/mol. The Morgan fingerprint density at radius 1 is 0.405 bits per heavy atom. The molecule has 0 atom stereocenters. The van der Waals surface area contributed by atoms with Gasteiger partial charge in [0.1, 0.15) is 23.0 Å². The summed E-state index contributed by atoms with van der Waals surface area (Å²) in [6, 6.07) is 67.1. The molecule has 0 aliphatic carbocycles. The molecule has 0 unspecified atom stereocenters. The van der Waals surface area contributed by atoms with Crippen LogP contribution in [0.3, 0.4) is 0 Å². The predicted molar refractivity (Wildman–Crippen MR) is 292 cm³/mol. The van der Waals surface area contributed by atoms with Crippen LogP contribution < -0.4 is 9.47 Å². The molecule has 9 rings (SSSR count). The lowest BCUT2D eigenvalue weighted by Crippen LogP contribution is -2.21. The van der Waals surface area contributed by atoms with Crippen LogP contribution in [0.25, 0.3) is 11.1 Å². The summed E-state index contributed by atoms with van der Waals surface area (Å²) < 4.78 is 16.9. The number of rotatable bonds is 18. The maximum atomic E-state index is 13.6. The van der Waals surface area contributed by atoms with Crippen LogP contribution in [0.2, 0.25) is 0 Å². The van der Waals surface area contributed by atoms with Crippen molar-refractivity contribution in [1.82, 2.24) is 0 Å². The summed E-state index contributed by atoms with van der Waals surface area (Å²) in [5.41, 5.74) is 11.2. The zero-order valence-corrected chi connectivity index (χ0v) is 42.7. The van der Waals surface area contributed by atoms with E-state index in [1.54, 1.807) is 72.8 Å². The van der Waals surface area contributed by atoms with Crippen molar-refractivity contribution in [2.75, 3.05) is 0 Å². The van der Waals surface area contributed by atoms with Crippen molar-refractivity contribution in [1.29, 1.82) is 0 Å². The number of ether oxygens (including phenoxy) is 2. The molecule has 0 amide bonds. The first-order valence-electron chi connectivity index (χ1n) is 24.2. The Kier molecular flexibility index (Phi) is 15.0. The number of aryl methyl sites for hydroxylation is 2. The molecule has 0 radical (unpaired) electrons. The average Bonchev–Trinajstić information content (AvgIpc) is 3.43. The summed E-state index contributed by atoms with van der Waals surface area (Å²) in [5, 5.41) is 12.2. The molecule has 0 aromatic heterocycles. The Labute approximate surface area is 436 Å². The van der Waals surface area contributed by atoms with E-state index in [-0.39, 0.29) is 28.2 Å². The van der Waals surface area contributed by atoms with Crippen LogP contribution in [0.15, 0.2) is 217 Å². The van der Waals surface area contributed by atoms with E-state index in [1.165, 1.54) is 11.1 Å². The van der Waals surface area contributed by atoms with Gasteiger partial charge in [-0.1, -0.05) is 160 Å². The molecule has 0 saturated heterocycles. The lowest BCUT2D eigenvalue weighted by atomic mass is 9.74. The van der Waals surface area contributed by atoms with Gasteiger partial charge in [0.2, 0.25) is 0 Å². The highest BCUT2D eigenvalue weighted by atomic mass is 32.2. The lowest BCUT2D eigenvalue weighted by Gasteiger charge is -2.29. The zero-order valence-electron chi connectivity index (χ0n) is 41.9. The number of hydrogen-bond donors (Lipinski definition) is 1. The lowest BCUT2D eigenvalue weighted by molar-refractivity contribution is -0.432. The number of hydrogen-bond acceptors (Lipinski definition) is 9. The molecule has 9 heteroatoms. The molecule has 0 aliphatic rings. The summed E-state index contributed by atoms with van der Waals surface area (Å²) in [4.78, 5) is 40.6. The minimum atomic E-state index is -0.282. The van der Waals surface area contributed by atoms with Gasteiger partial charge >= 0.3 is 0 Å². The quantitative estimate of drug-likeness (QED) is 0.0389. The summed E-state index contributed by atoms with van der Waals surface area (Å²) in [6.07, 6.45) is 0. The van der Waals surface area contributed by atoms with E-state index in [4.69, 9.17) is 14.7 Å². The van der Waals surface area contributed by atoms with E-state index < -0.39 is 0 Å². The predicted octanol–water partition coefficient (Wildman–Crippen LogP) is 16.3. The first kappa shape index (κ1) is 50.7.